The van der Waals surface area contributed by atoms with Crippen molar-refractivity contribution < 1.29 is 23.4 Å². The fourth-order valence-corrected chi connectivity index (χ4v) is 3.91. The van der Waals surface area contributed by atoms with Crippen LogP contribution >= 0.6 is 0 Å². The lowest BCUT2D eigenvalue weighted by Crippen LogP contribution is -2.14. The van der Waals surface area contributed by atoms with E-state index in [0.717, 1.165) is 33.4 Å². The Labute approximate surface area is 211 Å². The fourth-order valence-electron chi connectivity index (χ4n) is 3.91. The van der Waals surface area contributed by atoms with Gasteiger partial charge in [-0.25, -0.2) is 4.98 Å². The second-order valence-corrected chi connectivity index (χ2v) is 8.51. The first-order valence-corrected chi connectivity index (χ1v) is 12.2. The summed E-state index contributed by atoms with van der Waals surface area (Å²) in [4.78, 5) is 18.0. The number of nitrogens with one attached hydrogen (secondary N) is 1. The molecule has 0 saturated heterocycles. The lowest BCUT2D eigenvalue weighted by atomic mass is 10.1. The molecule has 0 spiro atoms. The van der Waals surface area contributed by atoms with E-state index in [2.05, 4.69) is 17.2 Å². The van der Waals surface area contributed by atoms with Gasteiger partial charge in [0, 0.05) is 16.8 Å². The standard InChI is InChI=1S/C29H32N2O5/c1-7-33-25-15-21(16-26(34-8-2)27(25)35-9-3)28(32)30-22-14-20(11-10-17(22)4)29-31-23-12-18(5)19(6)13-24(23)36-29/h10-16H,7-9H2,1-6H3,(H,30,32). The molecule has 1 amide bonds. The van der Waals surface area contributed by atoms with Gasteiger partial charge in [-0.1, -0.05) is 6.07 Å². The molecular weight excluding hydrogens is 456 g/mol. The Morgan fingerprint density at radius 2 is 1.47 bits per heavy atom. The summed E-state index contributed by atoms with van der Waals surface area (Å²) < 4.78 is 23.3. The molecule has 7 nitrogen and oxygen atoms in total. The largest absolute Gasteiger partial charge is 0.490 e. The number of aryl methyl sites for hydroxylation is 3. The first kappa shape index (κ1) is 25.1. The van der Waals surface area contributed by atoms with Gasteiger partial charge in [0.05, 0.1) is 19.8 Å². The van der Waals surface area contributed by atoms with Gasteiger partial charge in [0.1, 0.15) is 5.52 Å². The van der Waals surface area contributed by atoms with Gasteiger partial charge in [-0.15, -0.1) is 0 Å². The molecule has 3 aromatic carbocycles. The zero-order chi connectivity index (χ0) is 25.8. The number of hydrogen-bond donors (Lipinski definition) is 1. The minimum absolute atomic E-state index is 0.288. The van der Waals surface area contributed by atoms with E-state index in [-0.39, 0.29) is 5.91 Å². The molecule has 4 rings (SSSR count). The minimum Gasteiger partial charge on any atom is -0.490 e. The smallest absolute Gasteiger partial charge is 0.255 e. The monoisotopic (exact) mass is 488 g/mol. The molecule has 7 heteroatoms. The summed E-state index contributed by atoms with van der Waals surface area (Å²) >= 11 is 0. The number of ether oxygens (including phenoxy) is 3. The first-order valence-electron chi connectivity index (χ1n) is 12.2. The second kappa shape index (κ2) is 10.7. The van der Waals surface area contributed by atoms with Crippen LogP contribution in [0.25, 0.3) is 22.6 Å². The third kappa shape index (κ3) is 5.15. The lowest BCUT2D eigenvalue weighted by molar-refractivity contribution is 0.102. The summed E-state index contributed by atoms with van der Waals surface area (Å²) in [5, 5.41) is 3.02. The summed E-state index contributed by atoms with van der Waals surface area (Å²) in [5.74, 6) is 1.65. The van der Waals surface area contributed by atoms with Gasteiger partial charge in [-0.2, -0.15) is 0 Å². The molecule has 0 atom stereocenters. The first-order chi connectivity index (χ1) is 17.3. The molecule has 0 radical (unpaired) electrons. The number of aromatic nitrogens is 1. The number of fused-ring (bicyclic) bond motifs is 1. The maximum absolute atomic E-state index is 13.3. The lowest BCUT2D eigenvalue weighted by Gasteiger charge is -2.17. The Balaban J connectivity index is 1.67. The molecule has 1 heterocycles. The van der Waals surface area contributed by atoms with E-state index < -0.39 is 0 Å². The Hall–Kier alpha value is -4.00. The molecule has 36 heavy (non-hydrogen) atoms. The average molecular weight is 489 g/mol. The molecule has 0 aliphatic heterocycles. The second-order valence-electron chi connectivity index (χ2n) is 8.51. The van der Waals surface area contributed by atoms with Crippen molar-refractivity contribution in [3.63, 3.8) is 0 Å². The van der Waals surface area contributed by atoms with Crippen molar-refractivity contribution in [2.45, 2.75) is 41.5 Å². The van der Waals surface area contributed by atoms with Gasteiger partial charge in [0.2, 0.25) is 11.6 Å². The highest BCUT2D eigenvalue weighted by molar-refractivity contribution is 6.05. The van der Waals surface area contributed by atoms with Crippen molar-refractivity contribution in [1.29, 1.82) is 0 Å². The average Bonchev–Trinajstić information content (AvgIpc) is 3.25. The Bertz CT molecular complexity index is 1340. The third-order valence-corrected chi connectivity index (χ3v) is 5.91. The van der Waals surface area contributed by atoms with Crippen LogP contribution in [0.15, 0.2) is 46.9 Å². The molecular formula is C29H32N2O5. The number of anilines is 1. The van der Waals surface area contributed by atoms with Gasteiger partial charge in [-0.3, -0.25) is 4.79 Å². The van der Waals surface area contributed by atoms with E-state index in [9.17, 15) is 4.79 Å². The topological polar surface area (TPSA) is 82.8 Å². The molecule has 0 aliphatic carbocycles. The van der Waals surface area contributed by atoms with Crippen molar-refractivity contribution in [2.24, 2.45) is 0 Å². The van der Waals surface area contributed by atoms with E-state index in [1.54, 1.807) is 12.1 Å². The van der Waals surface area contributed by atoms with E-state index >= 15 is 0 Å². The van der Waals surface area contributed by atoms with Crippen LogP contribution in [0, 0.1) is 20.8 Å². The minimum atomic E-state index is -0.288. The van der Waals surface area contributed by atoms with Crippen molar-refractivity contribution in [2.75, 3.05) is 25.1 Å². The molecule has 0 aliphatic rings. The molecule has 0 unspecified atom stereocenters. The van der Waals surface area contributed by atoms with Gasteiger partial charge < -0.3 is 23.9 Å². The number of oxazole rings is 1. The Morgan fingerprint density at radius 3 is 2.11 bits per heavy atom. The third-order valence-electron chi connectivity index (χ3n) is 5.91. The van der Waals surface area contributed by atoms with Crippen molar-refractivity contribution in [1.82, 2.24) is 4.98 Å². The molecule has 1 N–H and O–H groups in total. The molecule has 0 saturated carbocycles. The van der Waals surface area contributed by atoms with Crippen LogP contribution in [0.2, 0.25) is 0 Å². The van der Waals surface area contributed by atoms with E-state index in [4.69, 9.17) is 18.6 Å². The predicted molar refractivity (Wildman–Crippen MR) is 142 cm³/mol. The highest BCUT2D eigenvalue weighted by Crippen LogP contribution is 2.39. The maximum atomic E-state index is 13.3. The van der Waals surface area contributed by atoms with Crippen LogP contribution in [-0.2, 0) is 0 Å². The fraction of sp³-hybridized carbons (Fsp3) is 0.310. The zero-order valence-electron chi connectivity index (χ0n) is 21.7. The van der Waals surface area contributed by atoms with E-state index in [0.29, 0.717) is 54.2 Å². The number of hydrogen-bond acceptors (Lipinski definition) is 6. The zero-order valence-corrected chi connectivity index (χ0v) is 21.7. The maximum Gasteiger partial charge on any atom is 0.255 e. The van der Waals surface area contributed by atoms with Gasteiger partial charge >= 0.3 is 0 Å². The summed E-state index contributed by atoms with van der Waals surface area (Å²) in [6.45, 7) is 13.0. The number of carbonyl (C=O) groups excluding carboxylic acids is 1. The number of nitrogens with zero attached hydrogens (tertiary/aromatic N) is 1. The van der Waals surface area contributed by atoms with Crippen LogP contribution < -0.4 is 19.5 Å². The van der Waals surface area contributed by atoms with Crippen molar-refractivity contribution in [3.8, 4) is 28.7 Å². The SMILES string of the molecule is CCOc1cc(C(=O)Nc2cc(-c3nc4cc(C)c(C)cc4o3)ccc2C)cc(OCC)c1OCC. The number of amides is 1. The predicted octanol–water partition coefficient (Wildman–Crippen LogP) is 6.87. The van der Waals surface area contributed by atoms with E-state index in [1.165, 1.54) is 0 Å². The van der Waals surface area contributed by atoms with Gasteiger partial charge in [0.25, 0.3) is 5.91 Å². The highest BCUT2D eigenvalue weighted by Gasteiger charge is 2.19. The number of benzene rings is 3. The summed E-state index contributed by atoms with van der Waals surface area (Å²) in [5.41, 5.74) is 6.61. The number of carbonyl (C=O) groups is 1. The van der Waals surface area contributed by atoms with E-state index in [1.807, 2.05) is 65.0 Å². The normalized spacial score (nSPS) is 10.9. The van der Waals surface area contributed by atoms with Crippen molar-refractivity contribution >= 4 is 22.7 Å². The van der Waals surface area contributed by atoms with Crippen molar-refractivity contribution in [3.05, 3.63) is 64.7 Å². The number of rotatable bonds is 9. The van der Waals surface area contributed by atoms with Crippen LogP contribution in [-0.4, -0.2) is 30.7 Å². The molecule has 0 fully saturated rings. The summed E-state index contributed by atoms with van der Waals surface area (Å²) in [6.07, 6.45) is 0. The van der Waals surface area contributed by atoms with Crippen LogP contribution in [0.5, 0.6) is 17.2 Å². The van der Waals surface area contributed by atoms with Crippen LogP contribution in [0.1, 0.15) is 47.8 Å². The molecule has 188 valence electrons. The van der Waals surface area contributed by atoms with Gasteiger partial charge in [-0.05, 0) is 94.6 Å². The molecule has 1 aromatic heterocycles. The Morgan fingerprint density at radius 1 is 0.833 bits per heavy atom. The van der Waals surface area contributed by atoms with Gasteiger partial charge in [0.15, 0.2) is 17.1 Å². The van der Waals surface area contributed by atoms with Crippen LogP contribution in [0.4, 0.5) is 5.69 Å². The quantitative estimate of drug-likeness (QED) is 0.277. The summed E-state index contributed by atoms with van der Waals surface area (Å²) in [7, 11) is 0. The Kier molecular flexibility index (Phi) is 7.48. The highest BCUT2D eigenvalue weighted by atomic mass is 16.5. The molecule has 4 aromatic rings. The summed E-state index contributed by atoms with van der Waals surface area (Å²) in [6, 6.07) is 13.1. The molecule has 0 bridgehead atoms. The van der Waals surface area contributed by atoms with Crippen LogP contribution in [0.3, 0.4) is 0 Å².